The van der Waals surface area contributed by atoms with Crippen molar-refractivity contribution in [3.05, 3.63) is 29.8 Å². The van der Waals surface area contributed by atoms with Crippen molar-refractivity contribution < 1.29 is 9.90 Å². The van der Waals surface area contributed by atoms with Crippen LogP contribution in [-0.2, 0) is 0 Å². The lowest BCUT2D eigenvalue weighted by Crippen LogP contribution is -2.30. The van der Waals surface area contributed by atoms with Crippen LogP contribution >= 0.6 is 0 Å². The van der Waals surface area contributed by atoms with Crippen LogP contribution < -0.4 is 10.2 Å². The Morgan fingerprint density at radius 1 is 1.39 bits per heavy atom. The summed E-state index contributed by atoms with van der Waals surface area (Å²) in [5, 5.41) is 11.8. The minimum Gasteiger partial charge on any atom is -0.395 e. The van der Waals surface area contributed by atoms with Crippen molar-refractivity contribution in [1.29, 1.82) is 0 Å². The molecule has 1 aliphatic rings. The molecule has 0 aliphatic carbocycles. The highest BCUT2D eigenvalue weighted by atomic mass is 16.3. The van der Waals surface area contributed by atoms with Crippen LogP contribution in [0.2, 0.25) is 0 Å². The predicted octanol–water partition coefficient (Wildman–Crippen LogP) is 0.811. The first-order valence-electron chi connectivity index (χ1n) is 6.05. The van der Waals surface area contributed by atoms with Gasteiger partial charge in [0.2, 0.25) is 0 Å². The Kier molecular flexibility index (Phi) is 3.72. The molecule has 1 saturated heterocycles. The normalized spacial score (nSPS) is 18.9. The number of amides is 2. The van der Waals surface area contributed by atoms with E-state index in [-0.39, 0.29) is 18.7 Å². The zero-order valence-electron chi connectivity index (χ0n) is 10.8. The number of carbonyl (C=O) groups excluding carboxylic acids is 1. The number of aliphatic hydroxyl groups excluding tert-OH is 1. The molecule has 1 unspecified atom stereocenters. The zero-order valence-corrected chi connectivity index (χ0v) is 10.8. The van der Waals surface area contributed by atoms with Crippen molar-refractivity contribution in [1.82, 2.24) is 10.2 Å². The number of rotatable bonds is 4. The molecule has 5 heteroatoms. The van der Waals surface area contributed by atoms with Gasteiger partial charge in [-0.05, 0) is 17.7 Å². The van der Waals surface area contributed by atoms with Gasteiger partial charge in [0.15, 0.2) is 0 Å². The van der Waals surface area contributed by atoms with E-state index in [0.717, 1.165) is 11.3 Å². The van der Waals surface area contributed by atoms with Crippen molar-refractivity contribution in [2.45, 2.75) is 6.04 Å². The molecule has 1 aliphatic heterocycles. The summed E-state index contributed by atoms with van der Waals surface area (Å²) >= 11 is 0. The fraction of sp³-hybridized carbons (Fsp3) is 0.462. The topological polar surface area (TPSA) is 55.8 Å². The number of aliphatic hydroxyl groups is 1. The first-order chi connectivity index (χ1) is 8.61. The molecule has 1 fully saturated rings. The number of β-amino-alcohol motifs (C(OH)–C–C–N with tert-alkyl or cyclic N) is 1. The van der Waals surface area contributed by atoms with E-state index in [4.69, 9.17) is 5.11 Å². The SMILES string of the molecule is CN(C)c1ccc(C2CN(CCO)C(=O)N2)cc1. The fourth-order valence-electron chi connectivity index (χ4n) is 2.10. The van der Waals surface area contributed by atoms with Crippen molar-refractivity contribution in [3.63, 3.8) is 0 Å². The van der Waals surface area contributed by atoms with E-state index in [0.29, 0.717) is 13.1 Å². The molecule has 1 aromatic carbocycles. The molecule has 2 N–H and O–H groups in total. The lowest BCUT2D eigenvalue weighted by atomic mass is 10.1. The average molecular weight is 249 g/mol. The summed E-state index contributed by atoms with van der Waals surface area (Å²) in [4.78, 5) is 15.3. The van der Waals surface area contributed by atoms with Gasteiger partial charge >= 0.3 is 6.03 Å². The molecule has 1 atom stereocenters. The smallest absolute Gasteiger partial charge is 0.318 e. The van der Waals surface area contributed by atoms with Crippen LogP contribution in [-0.4, -0.2) is 49.8 Å². The number of nitrogens with one attached hydrogen (secondary N) is 1. The monoisotopic (exact) mass is 249 g/mol. The third-order valence-corrected chi connectivity index (χ3v) is 3.17. The average Bonchev–Trinajstić information content (AvgIpc) is 2.72. The van der Waals surface area contributed by atoms with Gasteiger partial charge in [0, 0.05) is 32.9 Å². The maximum Gasteiger partial charge on any atom is 0.318 e. The number of carbonyl (C=O) groups is 1. The van der Waals surface area contributed by atoms with Crippen molar-refractivity contribution in [2.75, 3.05) is 38.7 Å². The zero-order chi connectivity index (χ0) is 13.1. The number of hydrogen-bond donors (Lipinski definition) is 2. The summed E-state index contributed by atoms with van der Waals surface area (Å²) in [5.41, 5.74) is 2.23. The minimum atomic E-state index is -0.106. The molecule has 0 bridgehead atoms. The van der Waals surface area contributed by atoms with Crippen LogP contribution in [0.25, 0.3) is 0 Å². The third-order valence-electron chi connectivity index (χ3n) is 3.17. The molecule has 2 rings (SSSR count). The lowest BCUT2D eigenvalue weighted by molar-refractivity contribution is 0.196. The Bertz CT molecular complexity index is 417. The molecule has 0 aromatic heterocycles. The van der Waals surface area contributed by atoms with Crippen molar-refractivity contribution in [3.8, 4) is 0 Å². The van der Waals surface area contributed by atoms with Gasteiger partial charge in [-0.1, -0.05) is 12.1 Å². The number of hydrogen-bond acceptors (Lipinski definition) is 3. The standard InChI is InChI=1S/C13H19N3O2/c1-15(2)11-5-3-10(4-6-11)12-9-16(7-8-17)13(18)14-12/h3-6,12,17H,7-9H2,1-2H3,(H,14,18). The Balaban J connectivity index is 2.07. The van der Waals surface area contributed by atoms with E-state index < -0.39 is 0 Å². The lowest BCUT2D eigenvalue weighted by Gasteiger charge is -2.15. The third kappa shape index (κ3) is 2.56. The van der Waals surface area contributed by atoms with E-state index >= 15 is 0 Å². The Morgan fingerprint density at radius 2 is 2.06 bits per heavy atom. The molecule has 1 heterocycles. The molecular weight excluding hydrogens is 230 g/mol. The highest BCUT2D eigenvalue weighted by Gasteiger charge is 2.28. The summed E-state index contributed by atoms with van der Waals surface area (Å²) in [6, 6.07) is 8.05. The molecule has 18 heavy (non-hydrogen) atoms. The Hall–Kier alpha value is -1.75. The predicted molar refractivity (Wildman–Crippen MR) is 70.7 cm³/mol. The van der Waals surface area contributed by atoms with Gasteiger partial charge in [0.1, 0.15) is 0 Å². The van der Waals surface area contributed by atoms with Crippen LogP contribution in [0.15, 0.2) is 24.3 Å². The van der Waals surface area contributed by atoms with Gasteiger partial charge in [0.05, 0.1) is 12.6 Å². The number of nitrogens with zero attached hydrogens (tertiary/aromatic N) is 2. The first kappa shape index (κ1) is 12.7. The summed E-state index contributed by atoms with van der Waals surface area (Å²) in [6.45, 7) is 0.999. The van der Waals surface area contributed by atoms with Crippen molar-refractivity contribution >= 4 is 11.7 Å². The minimum absolute atomic E-state index is 0.000290. The fourth-order valence-corrected chi connectivity index (χ4v) is 2.10. The summed E-state index contributed by atoms with van der Waals surface area (Å²) in [6.07, 6.45) is 0. The van der Waals surface area contributed by atoms with Crippen LogP contribution in [0.1, 0.15) is 11.6 Å². The highest BCUT2D eigenvalue weighted by molar-refractivity contribution is 5.77. The second kappa shape index (κ2) is 5.27. The maximum atomic E-state index is 11.6. The van der Waals surface area contributed by atoms with Crippen LogP contribution in [0.4, 0.5) is 10.5 Å². The molecule has 2 amide bonds. The van der Waals surface area contributed by atoms with Gasteiger partial charge < -0.3 is 20.2 Å². The van der Waals surface area contributed by atoms with Crippen LogP contribution in [0.5, 0.6) is 0 Å². The van der Waals surface area contributed by atoms with Gasteiger partial charge in [-0.15, -0.1) is 0 Å². The first-order valence-corrected chi connectivity index (χ1v) is 6.05. The second-order valence-corrected chi connectivity index (χ2v) is 4.66. The van der Waals surface area contributed by atoms with Crippen LogP contribution in [0, 0.1) is 0 Å². The molecule has 1 aromatic rings. The summed E-state index contributed by atoms with van der Waals surface area (Å²) < 4.78 is 0. The van der Waals surface area contributed by atoms with E-state index in [1.165, 1.54) is 0 Å². The van der Waals surface area contributed by atoms with Gasteiger partial charge in [0.25, 0.3) is 0 Å². The number of urea groups is 1. The molecule has 0 spiro atoms. The largest absolute Gasteiger partial charge is 0.395 e. The molecule has 0 saturated carbocycles. The Morgan fingerprint density at radius 3 is 2.61 bits per heavy atom. The summed E-state index contributed by atoms with van der Waals surface area (Å²) in [7, 11) is 3.99. The van der Waals surface area contributed by atoms with Gasteiger partial charge in [-0.2, -0.15) is 0 Å². The molecule has 0 radical (unpaired) electrons. The van der Waals surface area contributed by atoms with Gasteiger partial charge in [-0.3, -0.25) is 0 Å². The molecule has 5 nitrogen and oxygen atoms in total. The van der Waals surface area contributed by atoms with Crippen LogP contribution in [0.3, 0.4) is 0 Å². The second-order valence-electron chi connectivity index (χ2n) is 4.66. The number of benzene rings is 1. The molecular formula is C13H19N3O2. The van der Waals surface area contributed by atoms with Crippen molar-refractivity contribution in [2.24, 2.45) is 0 Å². The highest BCUT2D eigenvalue weighted by Crippen LogP contribution is 2.22. The Labute approximate surface area is 107 Å². The van der Waals surface area contributed by atoms with E-state index in [1.807, 2.05) is 43.3 Å². The summed E-state index contributed by atoms with van der Waals surface area (Å²) in [5.74, 6) is 0. The van der Waals surface area contributed by atoms with E-state index in [1.54, 1.807) is 4.90 Å². The van der Waals surface area contributed by atoms with Gasteiger partial charge in [-0.25, -0.2) is 4.79 Å². The van der Waals surface area contributed by atoms with E-state index in [2.05, 4.69) is 5.32 Å². The molecule has 98 valence electrons. The maximum absolute atomic E-state index is 11.6. The number of anilines is 1. The van der Waals surface area contributed by atoms with E-state index in [9.17, 15) is 4.79 Å². The quantitative estimate of drug-likeness (QED) is 0.830.